The lowest BCUT2D eigenvalue weighted by Gasteiger charge is -2.38. The fraction of sp³-hybridized carbons (Fsp3) is 0.720. The highest BCUT2D eigenvalue weighted by molar-refractivity contribution is 7.89. The number of ether oxygens (including phenoxy) is 4. The Balaban J connectivity index is 0.000000258. The number of carbonyl (C=O) groups excluding carboxylic acids is 1. The number of benzene rings is 2. The van der Waals surface area contributed by atoms with E-state index in [1.54, 1.807) is 59.1 Å². The predicted molar refractivity (Wildman–Crippen MR) is 277 cm³/mol. The number of piperidine rings is 2. The average Bonchev–Trinajstić information content (AvgIpc) is 3.33. The molecule has 2 N–H and O–H groups in total. The molecule has 0 saturated carbocycles. The molecular formula is C50H86N8O11S2. The number of rotatable bonds is 20. The molecule has 4 aliphatic rings. The number of amides is 1. The van der Waals surface area contributed by atoms with Gasteiger partial charge in [-0.3, -0.25) is 4.79 Å². The van der Waals surface area contributed by atoms with Crippen LogP contribution in [0.5, 0.6) is 11.5 Å². The molecule has 404 valence electrons. The van der Waals surface area contributed by atoms with Gasteiger partial charge in [-0.1, -0.05) is 0 Å². The fourth-order valence-electron chi connectivity index (χ4n) is 9.53. The molecule has 0 bridgehead atoms. The fourth-order valence-corrected chi connectivity index (χ4v) is 12.6. The smallest absolute Gasteiger partial charge is 0.329 e. The van der Waals surface area contributed by atoms with Crippen LogP contribution >= 0.6 is 0 Å². The Morgan fingerprint density at radius 2 is 1.07 bits per heavy atom. The highest BCUT2D eigenvalue weighted by atomic mass is 32.2. The molecule has 6 rings (SSSR count). The Kier molecular flexibility index (Phi) is 24.9. The number of likely N-dealkylation sites (tertiary alicyclic amines) is 1. The Hall–Kier alpha value is -3.48. The van der Waals surface area contributed by atoms with Gasteiger partial charge in [0.25, 0.3) is 0 Å². The summed E-state index contributed by atoms with van der Waals surface area (Å²) in [5.74, 6) is 1.54. The zero-order chi connectivity index (χ0) is 52.3. The van der Waals surface area contributed by atoms with E-state index in [1.165, 1.54) is 84.2 Å². The molecule has 4 heterocycles. The molecule has 19 nitrogen and oxygen atoms in total. The second kappa shape index (κ2) is 29.4. The van der Waals surface area contributed by atoms with Crippen molar-refractivity contribution in [2.75, 3.05) is 174 Å². The zero-order valence-electron chi connectivity index (χ0n) is 44.4. The van der Waals surface area contributed by atoms with Gasteiger partial charge in [-0.15, -0.1) is 0 Å². The van der Waals surface area contributed by atoms with Crippen molar-refractivity contribution in [3.05, 3.63) is 46.5 Å². The van der Waals surface area contributed by atoms with E-state index in [4.69, 9.17) is 24.1 Å². The second-order valence-corrected chi connectivity index (χ2v) is 23.6. The van der Waals surface area contributed by atoms with Crippen molar-refractivity contribution in [2.24, 2.45) is 11.8 Å². The first-order chi connectivity index (χ1) is 33.7. The van der Waals surface area contributed by atoms with Gasteiger partial charge in [0.15, 0.2) is 0 Å². The molecule has 2 aromatic rings. The molecule has 0 aromatic heterocycles. The van der Waals surface area contributed by atoms with E-state index in [1.807, 2.05) is 4.90 Å². The molecule has 4 fully saturated rings. The topological polar surface area (TPSA) is 194 Å². The Morgan fingerprint density at radius 1 is 0.648 bits per heavy atom. The largest absolute Gasteiger partial charge is 0.497 e. The van der Waals surface area contributed by atoms with Crippen LogP contribution in [0.2, 0.25) is 0 Å². The Bertz CT molecular complexity index is 2150. The predicted octanol–water partition coefficient (Wildman–Crippen LogP) is 2.70. The first-order valence-corrected chi connectivity index (χ1v) is 27.9. The van der Waals surface area contributed by atoms with Crippen LogP contribution in [0.15, 0.2) is 34.1 Å². The van der Waals surface area contributed by atoms with Gasteiger partial charge in [0.1, 0.15) is 24.7 Å². The minimum absolute atomic E-state index is 0.0102. The Labute approximate surface area is 425 Å². The lowest BCUT2D eigenvalue weighted by atomic mass is 9.97. The van der Waals surface area contributed by atoms with Gasteiger partial charge >= 0.3 is 5.97 Å². The number of hydrogen-bond donors (Lipinski definition) is 2. The summed E-state index contributed by atoms with van der Waals surface area (Å²) in [5.41, 5.74) is 2.47. The van der Waals surface area contributed by atoms with Crippen LogP contribution in [0.3, 0.4) is 0 Å². The number of aliphatic carboxylic acids is 1. The highest BCUT2D eigenvalue weighted by Gasteiger charge is 2.29. The van der Waals surface area contributed by atoms with Crippen LogP contribution in [-0.4, -0.2) is 240 Å². The van der Waals surface area contributed by atoms with Gasteiger partial charge < -0.3 is 53.9 Å². The number of methoxy groups -OCH3 is 2. The van der Waals surface area contributed by atoms with Gasteiger partial charge in [-0.2, -0.15) is 8.61 Å². The van der Waals surface area contributed by atoms with E-state index in [9.17, 15) is 26.4 Å². The van der Waals surface area contributed by atoms with Crippen molar-refractivity contribution < 1.29 is 50.5 Å². The molecule has 4 aliphatic heterocycles. The number of piperazine rings is 2. The molecule has 1 amide bonds. The second-order valence-electron chi connectivity index (χ2n) is 19.6. The summed E-state index contributed by atoms with van der Waals surface area (Å²) in [6.45, 7) is 22.7. The molecule has 4 saturated heterocycles. The van der Waals surface area contributed by atoms with Crippen molar-refractivity contribution in [3.8, 4) is 11.5 Å². The summed E-state index contributed by atoms with van der Waals surface area (Å²) >= 11 is 0. The minimum Gasteiger partial charge on any atom is -0.497 e. The van der Waals surface area contributed by atoms with Crippen molar-refractivity contribution >= 4 is 31.9 Å². The molecular weight excluding hydrogens is 953 g/mol. The summed E-state index contributed by atoms with van der Waals surface area (Å²) in [6, 6.07) is 6.76. The van der Waals surface area contributed by atoms with Gasteiger partial charge in [0, 0.05) is 106 Å². The third kappa shape index (κ3) is 19.1. The molecule has 0 unspecified atom stereocenters. The SMILES string of the molecule is CN1CCN(C[C@@H]2CCCNC2)CC1.COc1cc(C)c(S(=O)(=O)N(C)CCOCC(=O)N2CCC[C@@H](CN3CCN(C)CC3)C2)c(C)c1.COc1cc(C)c(S(=O)(=O)N(C)CCOCC(=O)O)c(C)c1. The summed E-state index contributed by atoms with van der Waals surface area (Å²) in [4.78, 5) is 35.4. The molecule has 71 heavy (non-hydrogen) atoms. The number of carboxylic acid groups (broad SMARTS) is 1. The monoisotopic (exact) mass is 1040 g/mol. The number of aryl methyl sites for hydroxylation is 4. The van der Waals surface area contributed by atoms with Crippen molar-refractivity contribution in [1.29, 1.82) is 0 Å². The normalized spacial score (nSPS) is 20.0. The van der Waals surface area contributed by atoms with E-state index in [2.05, 4.69) is 39.0 Å². The number of carboxylic acids is 1. The molecule has 0 aliphatic carbocycles. The van der Waals surface area contributed by atoms with E-state index in [-0.39, 0.29) is 48.6 Å². The first-order valence-electron chi connectivity index (χ1n) is 25.1. The molecule has 2 atom stereocenters. The van der Waals surface area contributed by atoms with E-state index >= 15 is 0 Å². The number of sulfonamides is 2. The maximum Gasteiger partial charge on any atom is 0.329 e. The number of hydrogen-bond acceptors (Lipinski definition) is 15. The molecule has 0 radical (unpaired) electrons. The zero-order valence-corrected chi connectivity index (χ0v) is 46.0. The van der Waals surface area contributed by atoms with Crippen LogP contribution in [-0.2, 0) is 39.1 Å². The molecule has 2 aromatic carbocycles. The van der Waals surface area contributed by atoms with Crippen molar-refractivity contribution in [2.45, 2.75) is 63.2 Å². The van der Waals surface area contributed by atoms with Crippen LogP contribution in [0.1, 0.15) is 47.9 Å². The maximum atomic E-state index is 13.1. The number of nitrogens with one attached hydrogen (secondary N) is 1. The van der Waals surface area contributed by atoms with E-state index in [0.29, 0.717) is 39.7 Å². The molecule has 0 spiro atoms. The average molecular weight is 1040 g/mol. The summed E-state index contributed by atoms with van der Waals surface area (Å²) < 4.78 is 74.7. The van der Waals surface area contributed by atoms with Crippen LogP contribution in [0.4, 0.5) is 0 Å². The van der Waals surface area contributed by atoms with Crippen molar-refractivity contribution in [1.82, 2.24) is 38.4 Å². The maximum absolute atomic E-state index is 13.1. The van der Waals surface area contributed by atoms with Gasteiger partial charge in [-0.05, 0) is 139 Å². The third-order valence-corrected chi connectivity index (χ3v) is 18.0. The number of carbonyl (C=O) groups is 2. The number of nitrogens with zero attached hydrogens (tertiary/aromatic N) is 7. The first kappa shape index (κ1) is 60.1. The summed E-state index contributed by atoms with van der Waals surface area (Å²) in [6.07, 6.45) is 4.98. The summed E-state index contributed by atoms with van der Waals surface area (Å²) in [5, 5.41) is 12.0. The number of likely N-dealkylation sites (N-methyl/N-ethyl adjacent to an activating group) is 4. The third-order valence-electron chi connectivity index (χ3n) is 13.7. The molecule has 21 heteroatoms. The highest BCUT2D eigenvalue weighted by Crippen LogP contribution is 2.29. The lowest BCUT2D eigenvalue weighted by molar-refractivity contribution is -0.142. The van der Waals surface area contributed by atoms with Crippen molar-refractivity contribution in [3.63, 3.8) is 0 Å². The van der Waals surface area contributed by atoms with Crippen LogP contribution in [0, 0.1) is 39.5 Å². The van der Waals surface area contributed by atoms with Crippen LogP contribution < -0.4 is 14.8 Å². The Morgan fingerprint density at radius 3 is 1.48 bits per heavy atom. The van der Waals surface area contributed by atoms with Crippen LogP contribution in [0.25, 0.3) is 0 Å². The minimum atomic E-state index is -3.68. The quantitative estimate of drug-likeness (QED) is 0.184. The van der Waals surface area contributed by atoms with Gasteiger partial charge in [0.2, 0.25) is 26.0 Å². The lowest BCUT2D eigenvalue weighted by Crippen LogP contribution is -2.49. The van der Waals surface area contributed by atoms with Gasteiger partial charge in [-0.25, -0.2) is 21.6 Å². The van der Waals surface area contributed by atoms with E-state index < -0.39 is 32.6 Å². The van der Waals surface area contributed by atoms with Gasteiger partial charge in [0.05, 0.1) is 37.2 Å². The van der Waals surface area contributed by atoms with E-state index in [0.717, 1.165) is 68.9 Å². The standard InChI is InChI=1S/C25H42N4O5S.C14H21NO6S.C11H23N3/c1-20-15-23(33-5)16-21(2)25(20)35(31,32)27(4)13-14-34-19-24(30)29-8-6-7-22(18-29)17-28-11-9-26(3)10-12-28;1-10-7-12(20-4)8-11(2)14(10)22(18,19)15(3)5-6-21-9-13(16)17;1-13-5-7-14(8-6-13)10-11-3-2-4-12-9-11/h15-16,22H,6-14,17-19H2,1-5H3;7-8H,5-6,9H2,1-4H3,(H,16,17);11-12H,2-10H2,1H3/t22-;;11-/m0.1/s1. The summed E-state index contributed by atoms with van der Waals surface area (Å²) in [7, 11) is 3.08.